The van der Waals surface area contributed by atoms with E-state index in [1.165, 1.54) is 27.7 Å². The van der Waals surface area contributed by atoms with Gasteiger partial charge in [0, 0.05) is 6.54 Å². The van der Waals surface area contributed by atoms with Crippen LogP contribution < -0.4 is 15.6 Å². The number of carbonyl (C=O) groups is 1. The van der Waals surface area contributed by atoms with Crippen molar-refractivity contribution in [1.29, 1.82) is 0 Å². The SMILES string of the molecule is COc1ccccc1-n1c(SCC(=O)NCc2ccccc2)nc2c(sc(=S)n2-c2ccc(C)cc2C)c1=O. The first-order valence-electron chi connectivity index (χ1n) is 12.2. The van der Waals surface area contributed by atoms with Gasteiger partial charge >= 0.3 is 0 Å². The number of amides is 1. The van der Waals surface area contributed by atoms with E-state index in [0.717, 1.165) is 22.4 Å². The lowest BCUT2D eigenvalue weighted by Crippen LogP contribution is -2.26. The molecule has 5 rings (SSSR count). The Morgan fingerprint density at radius 3 is 2.51 bits per heavy atom. The van der Waals surface area contributed by atoms with Gasteiger partial charge in [-0.15, -0.1) is 0 Å². The number of para-hydroxylation sites is 2. The summed E-state index contributed by atoms with van der Waals surface area (Å²) in [5, 5.41) is 3.31. The molecule has 0 saturated heterocycles. The summed E-state index contributed by atoms with van der Waals surface area (Å²) in [7, 11) is 1.56. The number of hydrogen-bond acceptors (Lipinski definition) is 7. The van der Waals surface area contributed by atoms with Crippen LogP contribution in [0.15, 0.2) is 82.7 Å². The molecule has 7 nitrogen and oxygen atoms in total. The predicted octanol–water partition coefficient (Wildman–Crippen LogP) is 6.00. The second kappa shape index (κ2) is 11.6. The van der Waals surface area contributed by atoms with E-state index in [1.54, 1.807) is 19.2 Å². The molecule has 0 unspecified atom stereocenters. The molecule has 2 aromatic heterocycles. The number of rotatable bonds is 8. The van der Waals surface area contributed by atoms with E-state index in [2.05, 4.69) is 11.4 Å². The monoisotopic (exact) mass is 574 g/mol. The van der Waals surface area contributed by atoms with Gasteiger partial charge in [-0.05, 0) is 55.4 Å². The number of hydrogen-bond donors (Lipinski definition) is 1. The molecule has 0 atom stereocenters. The molecular weight excluding hydrogens is 549 g/mol. The van der Waals surface area contributed by atoms with E-state index in [0.29, 0.717) is 37.4 Å². The molecule has 0 fully saturated rings. The lowest BCUT2D eigenvalue weighted by atomic mass is 10.1. The number of fused-ring (bicyclic) bond motifs is 1. The molecule has 3 aromatic carbocycles. The van der Waals surface area contributed by atoms with Crippen LogP contribution in [0.4, 0.5) is 0 Å². The van der Waals surface area contributed by atoms with Crippen molar-refractivity contribution >= 4 is 51.6 Å². The minimum atomic E-state index is -0.267. The standard InChI is InChI=1S/C29H26N4O3S3/c1-18-13-14-21(19(2)15-18)32-26-25(39-29(32)37)27(35)33(22-11-7-8-12-23(22)36-3)28(31-26)38-17-24(34)30-16-20-9-5-4-6-10-20/h4-15H,16-17H2,1-3H3,(H,30,34). The molecule has 0 aliphatic carbocycles. The van der Waals surface area contributed by atoms with E-state index in [4.69, 9.17) is 21.9 Å². The van der Waals surface area contributed by atoms with E-state index >= 15 is 0 Å². The van der Waals surface area contributed by atoms with Crippen LogP contribution in [0.3, 0.4) is 0 Å². The van der Waals surface area contributed by atoms with Crippen molar-refractivity contribution in [3.63, 3.8) is 0 Å². The van der Waals surface area contributed by atoms with Crippen LogP contribution in [-0.2, 0) is 11.3 Å². The highest BCUT2D eigenvalue weighted by molar-refractivity contribution is 7.99. The van der Waals surface area contributed by atoms with E-state index in [9.17, 15) is 9.59 Å². The first-order valence-corrected chi connectivity index (χ1v) is 14.4. The highest BCUT2D eigenvalue weighted by Gasteiger charge is 2.22. The van der Waals surface area contributed by atoms with Crippen molar-refractivity contribution in [2.75, 3.05) is 12.9 Å². The Kier molecular flexibility index (Phi) is 7.97. The Hall–Kier alpha value is -3.73. The number of methoxy groups -OCH3 is 1. The molecule has 1 N–H and O–H groups in total. The van der Waals surface area contributed by atoms with Gasteiger partial charge in [0.2, 0.25) is 5.91 Å². The molecule has 0 saturated carbocycles. The highest BCUT2D eigenvalue weighted by atomic mass is 32.2. The molecule has 5 aromatic rings. The molecular formula is C29H26N4O3S3. The maximum atomic E-state index is 14.0. The van der Waals surface area contributed by atoms with Crippen molar-refractivity contribution in [2.45, 2.75) is 25.5 Å². The van der Waals surface area contributed by atoms with Gasteiger partial charge in [-0.1, -0.05) is 83.3 Å². The van der Waals surface area contributed by atoms with Crippen molar-refractivity contribution < 1.29 is 9.53 Å². The Morgan fingerprint density at radius 2 is 1.77 bits per heavy atom. The van der Waals surface area contributed by atoms with Gasteiger partial charge in [0.25, 0.3) is 5.56 Å². The van der Waals surface area contributed by atoms with Gasteiger partial charge in [-0.3, -0.25) is 18.7 Å². The maximum Gasteiger partial charge on any atom is 0.278 e. The number of carbonyl (C=O) groups excluding carboxylic acids is 1. The van der Waals surface area contributed by atoms with Crippen LogP contribution in [0.2, 0.25) is 0 Å². The second-order valence-electron chi connectivity index (χ2n) is 8.90. The van der Waals surface area contributed by atoms with Crippen LogP contribution in [0.5, 0.6) is 5.75 Å². The average molecular weight is 575 g/mol. The third kappa shape index (κ3) is 5.54. The van der Waals surface area contributed by atoms with Gasteiger partial charge < -0.3 is 10.1 Å². The minimum absolute atomic E-state index is 0.0777. The summed E-state index contributed by atoms with van der Waals surface area (Å²) in [5.74, 6) is 0.434. The molecule has 0 aliphatic heterocycles. The van der Waals surface area contributed by atoms with Crippen molar-refractivity contribution in [1.82, 2.24) is 19.4 Å². The molecule has 0 radical (unpaired) electrons. The van der Waals surface area contributed by atoms with Crippen LogP contribution in [0, 0.1) is 17.8 Å². The number of nitrogens with one attached hydrogen (secondary N) is 1. The predicted molar refractivity (Wildman–Crippen MR) is 160 cm³/mol. The molecule has 1 amide bonds. The second-order valence-corrected chi connectivity index (χ2v) is 11.5. The lowest BCUT2D eigenvalue weighted by molar-refractivity contribution is -0.118. The summed E-state index contributed by atoms with van der Waals surface area (Å²) in [6.07, 6.45) is 0. The first-order chi connectivity index (χ1) is 18.9. The Balaban J connectivity index is 1.60. The van der Waals surface area contributed by atoms with E-state index in [-0.39, 0.29) is 17.2 Å². The van der Waals surface area contributed by atoms with Crippen molar-refractivity contribution in [2.24, 2.45) is 0 Å². The smallest absolute Gasteiger partial charge is 0.278 e. The molecule has 0 bridgehead atoms. The first kappa shape index (κ1) is 26.9. The summed E-state index contributed by atoms with van der Waals surface area (Å²) in [4.78, 5) is 31.7. The minimum Gasteiger partial charge on any atom is -0.495 e. The molecule has 10 heteroatoms. The average Bonchev–Trinajstić information content (AvgIpc) is 3.27. The van der Waals surface area contributed by atoms with Crippen LogP contribution in [0.1, 0.15) is 16.7 Å². The Morgan fingerprint density at radius 1 is 1.03 bits per heavy atom. The van der Waals surface area contributed by atoms with Gasteiger partial charge in [0.05, 0.1) is 24.2 Å². The zero-order valence-electron chi connectivity index (χ0n) is 21.6. The number of thioether (sulfide) groups is 1. The third-order valence-corrected chi connectivity index (χ3v) is 8.45. The Bertz CT molecular complexity index is 1790. The third-order valence-electron chi connectivity index (χ3n) is 6.16. The maximum absolute atomic E-state index is 14.0. The summed E-state index contributed by atoms with van der Waals surface area (Å²) < 4.78 is 9.87. The molecule has 2 heterocycles. The summed E-state index contributed by atoms with van der Waals surface area (Å²) in [6, 6.07) is 23.0. The van der Waals surface area contributed by atoms with E-state index < -0.39 is 0 Å². The van der Waals surface area contributed by atoms with Gasteiger partial charge in [-0.25, -0.2) is 4.98 Å². The van der Waals surface area contributed by atoms with Gasteiger partial charge in [0.1, 0.15) is 10.4 Å². The number of aromatic nitrogens is 3. The number of ether oxygens (including phenoxy) is 1. The topological polar surface area (TPSA) is 78.2 Å². The summed E-state index contributed by atoms with van der Waals surface area (Å²) in [6.45, 7) is 4.46. The largest absolute Gasteiger partial charge is 0.495 e. The van der Waals surface area contributed by atoms with Gasteiger partial charge in [-0.2, -0.15) is 0 Å². The molecule has 198 valence electrons. The fraction of sp³-hybridized carbons (Fsp3) is 0.172. The van der Waals surface area contributed by atoms with Crippen molar-refractivity contribution in [3.8, 4) is 17.1 Å². The van der Waals surface area contributed by atoms with Gasteiger partial charge in [0.15, 0.2) is 14.8 Å². The quantitative estimate of drug-likeness (QED) is 0.139. The number of benzene rings is 3. The van der Waals surface area contributed by atoms with Crippen molar-refractivity contribution in [3.05, 3.63) is 104 Å². The molecule has 39 heavy (non-hydrogen) atoms. The Labute approximate surface area is 239 Å². The van der Waals surface area contributed by atoms with E-state index in [1.807, 2.05) is 73.0 Å². The fourth-order valence-corrected chi connectivity index (χ4v) is 6.42. The fourth-order valence-electron chi connectivity index (χ4n) is 4.31. The summed E-state index contributed by atoms with van der Waals surface area (Å²) in [5.41, 5.74) is 4.78. The van der Waals surface area contributed by atoms with Crippen LogP contribution >= 0.6 is 35.3 Å². The summed E-state index contributed by atoms with van der Waals surface area (Å²) >= 11 is 8.15. The lowest BCUT2D eigenvalue weighted by Gasteiger charge is -2.16. The normalized spacial score (nSPS) is 11.1. The highest BCUT2D eigenvalue weighted by Crippen LogP contribution is 2.31. The zero-order chi connectivity index (χ0) is 27.5. The van der Waals surface area contributed by atoms with Crippen LogP contribution in [-0.4, -0.2) is 32.9 Å². The molecule has 0 spiro atoms. The number of aryl methyl sites for hydroxylation is 2. The molecule has 0 aliphatic rings. The number of nitrogens with zero attached hydrogens (tertiary/aromatic N) is 3. The number of thiazole rings is 1. The zero-order valence-corrected chi connectivity index (χ0v) is 24.1. The van der Waals surface area contributed by atoms with Crippen LogP contribution in [0.25, 0.3) is 21.7 Å².